The maximum Gasteiger partial charge on any atom is 0.352 e. The fourth-order valence-corrected chi connectivity index (χ4v) is 1.94. The summed E-state index contributed by atoms with van der Waals surface area (Å²) in [5, 5.41) is 9.57. The number of ketones is 1. The average molecular weight is 298 g/mol. The Bertz CT molecular complexity index is 649. The van der Waals surface area contributed by atoms with Crippen molar-refractivity contribution >= 4 is 35.0 Å². The summed E-state index contributed by atoms with van der Waals surface area (Å²) in [6.45, 7) is 0. The molecule has 98 valence electrons. The molecule has 2 rings (SSSR count). The summed E-state index contributed by atoms with van der Waals surface area (Å²) in [6, 6.07) is 6.25. The number of Topliss-reactive ketones (excluding diaryl/α,β-unsaturated/α-hetero) is 1. The maximum atomic E-state index is 12.0. The SMILES string of the molecule is O=C(Cc1ccc(Cl)c(Cl)c1)c1c[nH]c(C(=O)O)c1. The van der Waals surface area contributed by atoms with E-state index in [2.05, 4.69) is 4.98 Å². The highest BCUT2D eigenvalue weighted by Gasteiger charge is 2.13. The van der Waals surface area contributed by atoms with Crippen molar-refractivity contribution in [2.75, 3.05) is 0 Å². The third kappa shape index (κ3) is 3.16. The van der Waals surface area contributed by atoms with Crippen LogP contribution in [-0.4, -0.2) is 21.8 Å². The van der Waals surface area contributed by atoms with Gasteiger partial charge < -0.3 is 10.1 Å². The van der Waals surface area contributed by atoms with E-state index in [4.69, 9.17) is 28.3 Å². The number of rotatable bonds is 4. The van der Waals surface area contributed by atoms with Crippen molar-refractivity contribution in [2.45, 2.75) is 6.42 Å². The third-order valence-corrected chi connectivity index (χ3v) is 3.32. The van der Waals surface area contributed by atoms with Crippen molar-refractivity contribution in [2.24, 2.45) is 0 Å². The van der Waals surface area contributed by atoms with Gasteiger partial charge in [-0.3, -0.25) is 4.79 Å². The monoisotopic (exact) mass is 297 g/mol. The number of hydrogen-bond donors (Lipinski definition) is 2. The van der Waals surface area contributed by atoms with E-state index in [0.717, 1.165) is 5.56 Å². The molecule has 1 aromatic carbocycles. The lowest BCUT2D eigenvalue weighted by Gasteiger charge is -2.01. The molecule has 0 saturated carbocycles. The molecule has 0 atom stereocenters. The van der Waals surface area contributed by atoms with Crippen LogP contribution < -0.4 is 0 Å². The van der Waals surface area contributed by atoms with E-state index >= 15 is 0 Å². The number of hydrogen-bond acceptors (Lipinski definition) is 2. The molecule has 0 unspecified atom stereocenters. The quantitative estimate of drug-likeness (QED) is 0.849. The molecule has 6 heteroatoms. The van der Waals surface area contributed by atoms with Crippen LogP contribution in [0.5, 0.6) is 0 Å². The molecule has 0 aliphatic rings. The fourth-order valence-electron chi connectivity index (χ4n) is 1.62. The molecular formula is C13H9Cl2NO3. The predicted molar refractivity (Wildman–Crippen MR) is 72.2 cm³/mol. The summed E-state index contributed by atoms with van der Waals surface area (Å²) in [5.74, 6) is -1.30. The van der Waals surface area contributed by atoms with E-state index in [9.17, 15) is 9.59 Å². The number of nitrogens with one attached hydrogen (secondary N) is 1. The molecule has 0 aliphatic carbocycles. The van der Waals surface area contributed by atoms with Crippen LogP contribution in [0.2, 0.25) is 10.0 Å². The molecule has 19 heavy (non-hydrogen) atoms. The first kappa shape index (κ1) is 13.6. The van der Waals surface area contributed by atoms with Gasteiger partial charge in [-0.15, -0.1) is 0 Å². The molecule has 0 bridgehead atoms. The molecule has 0 amide bonds. The first-order valence-electron chi connectivity index (χ1n) is 5.36. The molecule has 2 aromatic rings. The van der Waals surface area contributed by atoms with Crippen LogP contribution in [0, 0.1) is 0 Å². The lowest BCUT2D eigenvalue weighted by Crippen LogP contribution is -2.02. The topological polar surface area (TPSA) is 70.2 Å². The van der Waals surface area contributed by atoms with Crippen LogP contribution >= 0.6 is 23.2 Å². The Morgan fingerprint density at radius 1 is 1.16 bits per heavy atom. The average Bonchev–Trinajstić information content (AvgIpc) is 2.83. The van der Waals surface area contributed by atoms with Gasteiger partial charge in [-0.1, -0.05) is 29.3 Å². The summed E-state index contributed by atoms with van der Waals surface area (Å²) in [5.41, 5.74) is 1.03. The van der Waals surface area contributed by atoms with Gasteiger partial charge in [-0.25, -0.2) is 4.79 Å². The van der Waals surface area contributed by atoms with Gasteiger partial charge in [0.2, 0.25) is 0 Å². The second-order valence-electron chi connectivity index (χ2n) is 3.96. The zero-order valence-electron chi connectivity index (χ0n) is 9.61. The zero-order chi connectivity index (χ0) is 14.0. The minimum absolute atomic E-state index is 0.0162. The smallest absolute Gasteiger partial charge is 0.352 e. The number of aromatic nitrogens is 1. The van der Waals surface area contributed by atoms with Gasteiger partial charge >= 0.3 is 5.97 Å². The van der Waals surface area contributed by atoms with Crippen LogP contribution in [0.15, 0.2) is 30.5 Å². The Balaban J connectivity index is 2.15. The molecule has 0 saturated heterocycles. The van der Waals surface area contributed by atoms with Crippen molar-refractivity contribution in [3.63, 3.8) is 0 Å². The normalized spacial score (nSPS) is 10.4. The number of aromatic carboxylic acids is 1. The van der Waals surface area contributed by atoms with Crippen molar-refractivity contribution in [1.29, 1.82) is 0 Å². The highest BCUT2D eigenvalue weighted by molar-refractivity contribution is 6.42. The van der Waals surface area contributed by atoms with Gasteiger partial charge in [-0.2, -0.15) is 0 Å². The van der Waals surface area contributed by atoms with Gasteiger partial charge in [0.05, 0.1) is 10.0 Å². The zero-order valence-corrected chi connectivity index (χ0v) is 11.1. The lowest BCUT2D eigenvalue weighted by atomic mass is 10.1. The van der Waals surface area contributed by atoms with Crippen molar-refractivity contribution in [3.8, 4) is 0 Å². The minimum atomic E-state index is -1.10. The van der Waals surface area contributed by atoms with Crippen LogP contribution in [0.3, 0.4) is 0 Å². The van der Waals surface area contributed by atoms with Gasteiger partial charge in [-0.05, 0) is 23.8 Å². The number of benzene rings is 1. The first-order valence-corrected chi connectivity index (χ1v) is 6.12. The maximum absolute atomic E-state index is 12.0. The van der Waals surface area contributed by atoms with Crippen LogP contribution in [-0.2, 0) is 6.42 Å². The lowest BCUT2D eigenvalue weighted by molar-refractivity contribution is 0.0691. The van der Waals surface area contributed by atoms with Gasteiger partial charge in [0, 0.05) is 18.2 Å². The highest BCUT2D eigenvalue weighted by atomic mass is 35.5. The number of carbonyl (C=O) groups is 2. The largest absolute Gasteiger partial charge is 0.477 e. The molecule has 4 nitrogen and oxygen atoms in total. The van der Waals surface area contributed by atoms with E-state index in [-0.39, 0.29) is 17.9 Å². The summed E-state index contributed by atoms with van der Waals surface area (Å²) >= 11 is 11.6. The van der Waals surface area contributed by atoms with Gasteiger partial charge in [0.25, 0.3) is 0 Å². The van der Waals surface area contributed by atoms with Crippen molar-refractivity contribution in [3.05, 3.63) is 57.3 Å². The number of carboxylic acids is 1. The number of aromatic amines is 1. The number of H-pyrrole nitrogens is 1. The highest BCUT2D eigenvalue weighted by Crippen LogP contribution is 2.23. The van der Waals surface area contributed by atoms with Gasteiger partial charge in [0.15, 0.2) is 5.78 Å². The van der Waals surface area contributed by atoms with Crippen LogP contribution in [0.4, 0.5) is 0 Å². The van der Waals surface area contributed by atoms with Crippen molar-refractivity contribution in [1.82, 2.24) is 4.98 Å². The molecule has 1 aromatic heterocycles. The number of carboxylic acid groups (broad SMARTS) is 1. The summed E-state index contributed by atoms with van der Waals surface area (Å²) in [4.78, 5) is 25.2. The van der Waals surface area contributed by atoms with E-state index in [1.54, 1.807) is 18.2 Å². The van der Waals surface area contributed by atoms with E-state index in [1.165, 1.54) is 12.3 Å². The van der Waals surface area contributed by atoms with Crippen LogP contribution in [0.25, 0.3) is 0 Å². The minimum Gasteiger partial charge on any atom is -0.477 e. The molecule has 2 N–H and O–H groups in total. The molecular weight excluding hydrogens is 289 g/mol. The Morgan fingerprint density at radius 3 is 2.47 bits per heavy atom. The summed E-state index contributed by atoms with van der Waals surface area (Å²) in [6.07, 6.45) is 1.51. The molecule has 0 fully saturated rings. The summed E-state index contributed by atoms with van der Waals surface area (Å²) in [7, 11) is 0. The fraction of sp³-hybridized carbons (Fsp3) is 0.0769. The van der Waals surface area contributed by atoms with Gasteiger partial charge in [0.1, 0.15) is 5.69 Å². The van der Waals surface area contributed by atoms with E-state index < -0.39 is 5.97 Å². The number of carbonyl (C=O) groups excluding carboxylic acids is 1. The second kappa shape index (κ2) is 5.47. The molecule has 0 spiro atoms. The van der Waals surface area contributed by atoms with E-state index in [1.807, 2.05) is 0 Å². The Kier molecular flexibility index (Phi) is 3.93. The number of halogens is 2. The first-order chi connectivity index (χ1) is 8.97. The van der Waals surface area contributed by atoms with Crippen molar-refractivity contribution < 1.29 is 14.7 Å². The summed E-state index contributed by atoms with van der Waals surface area (Å²) < 4.78 is 0. The molecule has 0 radical (unpaired) electrons. The predicted octanol–water partition coefficient (Wildman–Crippen LogP) is 3.45. The Morgan fingerprint density at radius 2 is 1.89 bits per heavy atom. The Labute approximate surface area is 119 Å². The Hall–Kier alpha value is -1.78. The molecule has 0 aliphatic heterocycles. The third-order valence-electron chi connectivity index (χ3n) is 2.58. The standard InChI is InChI=1S/C13H9Cl2NO3/c14-9-2-1-7(3-10(9)15)4-12(17)8-5-11(13(18)19)16-6-8/h1-3,5-6,16H,4H2,(H,18,19). The van der Waals surface area contributed by atoms with E-state index in [0.29, 0.717) is 15.6 Å². The van der Waals surface area contributed by atoms with Crippen LogP contribution in [0.1, 0.15) is 26.4 Å². The second-order valence-corrected chi connectivity index (χ2v) is 4.77. The molecule has 1 heterocycles.